The lowest BCUT2D eigenvalue weighted by molar-refractivity contribution is 0.0391. The Hall–Kier alpha value is -2.88. The van der Waals surface area contributed by atoms with Crippen LogP contribution >= 0.6 is 0 Å². The van der Waals surface area contributed by atoms with Crippen LogP contribution in [0.25, 0.3) is 22.4 Å². The molecule has 5 rings (SSSR count). The molecule has 0 bridgehead atoms. The van der Waals surface area contributed by atoms with Gasteiger partial charge in [0.25, 0.3) is 5.91 Å². The van der Waals surface area contributed by atoms with E-state index in [9.17, 15) is 4.79 Å². The van der Waals surface area contributed by atoms with E-state index in [2.05, 4.69) is 58.5 Å². The van der Waals surface area contributed by atoms with Gasteiger partial charge < -0.3 is 4.90 Å². The minimum Gasteiger partial charge on any atom is -0.335 e. The second-order valence-electron chi connectivity index (χ2n) is 8.73. The van der Waals surface area contributed by atoms with E-state index in [1.54, 1.807) is 6.20 Å². The molecule has 4 heteroatoms. The summed E-state index contributed by atoms with van der Waals surface area (Å²) in [6.45, 7) is 0.873. The van der Waals surface area contributed by atoms with Crippen molar-refractivity contribution < 1.29 is 4.79 Å². The third-order valence-electron chi connectivity index (χ3n) is 6.92. The summed E-state index contributed by atoms with van der Waals surface area (Å²) < 4.78 is 1.85. The third-order valence-corrected chi connectivity index (χ3v) is 6.92. The van der Waals surface area contributed by atoms with Crippen LogP contribution in [-0.4, -0.2) is 33.2 Å². The first-order valence-electron chi connectivity index (χ1n) is 11.2. The van der Waals surface area contributed by atoms with Crippen molar-refractivity contribution in [2.75, 3.05) is 6.54 Å². The van der Waals surface area contributed by atoms with Crippen LogP contribution in [0.1, 0.15) is 48.9 Å². The molecule has 1 amide bonds. The molecule has 1 saturated heterocycles. The normalized spacial score (nSPS) is 21.3. The first-order valence-corrected chi connectivity index (χ1v) is 11.2. The maximum atomic E-state index is 13.7. The topological polar surface area (TPSA) is 38.1 Å². The van der Waals surface area contributed by atoms with Gasteiger partial charge in [-0.15, -0.1) is 0 Å². The summed E-state index contributed by atoms with van der Waals surface area (Å²) in [5, 5.41) is 4.48. The van der Waals surface area contributed by atoms with Gasteiger partial charge in [-0.25, -0.2) is 0 Å². The maximum Gasteiger partial charge on any atom is 0.257 e. The second kappa shape index (κ2) is 8.10. The molecule has 3 aromatic rings. The number of likely N-dealkylation sites (tertiary alicyclic amines) is 1. The van der Waals surface area contributed by atoms with E-state index in [1.807, 2.05) is 17.8 Å². The molecule has 0 N–H and O–H groups in total. The Morgan fingerprint density at radius 1 is 0.900 bits per heavy atom. The SMILES string of the molecule is Cn1ncc(C(=O)N2CCCC3CCCCC32)c1-c1cccc(-c2ccccc2)c1. The summed E-state index contributed by atoms with van der Waals surface area (Å²) in [5.41, 5.74) is 5.01. The number of aryl methyl sites for hydroxylation is 1. The van der Waals surface area contributed by atoms with Gasteiger partial charge in [0, 0.05) is 25.2 Å². The molecule has 1 aromatic heterocycles. The number of benzene rings is 2. The Kier molecular flexibility index (Phi) is 5.16. The number of rotatable bonds is 3. The molecule has 2 heterocycles. The van der Waals surface area contributed by atoms with Crippen LogP contribution in [0.2, 0.25) is 0 Å². The van der Waals surface area contributed by atoms with Gasteiger partial charge in [-0.05, 0) is 48.8 Å². The third kappa shape index (κ3) is 3.45. The van der Waals surface area contributed by atoms with E-state index < -0.39 is 0 Å². The second-order valence-corrected chi connectivity index (χ2v) is 8.73. The Morgan fingerprint density at radius 2 is 1.63 bits per heavy atom. The molecule has 4 nitrogen and oxygen atoms in total. The number of aromatic nitrogens is 2. The van der Waals surface area contributed by atoms with Crippen molar-refractivity contribution >= 4 is 5.91 Å². The van der Waals surface area contributed by atoms with Gasteiger partial charge in [0.2, 0.25) is 0 Å². The van der Waals surface area contributed by atoms with E-state index in [0.29, 0.717) is 12.0 Å². The number of amides is 1. The fourth-order valence-corrected chi connectivity index (χ4v) is 5.44. The highest BCUT2D eigenvalue weighted by atomic mass is 16.2. The van der Waals surface area contributed by atoms with E-state index in [1.165, 1.54) is 31.2 Å². The lowest BCUT2D eigenvalue weighted by atomic mass is 9.78. The molecule has 2 aromatic carbocycles. The molecular weight excluding hydrogens is 370 g/mol. The van der Waals surface area contributed by atoms with Crippen LogP contribution in [-0.2, 0) is 7.05 Å². The highest BCUT2D eigenvalue weighted by Gasteiger charge is 2.37. The van der Waals surface area contributed by atoms with Crippen molar-refractivity contribution in [3.8, 4) is 22.4 Å². The summed E-state index contributed by atoms with van der Waals surface area (Å²) in [6.07, 6.45) is 9.12. The number of nitrogens with zero attached hydrogens (tertiary/aromatic N) is 3. The number of hydrogen-bond donors (Lipinski definition) is 0. The number of fused-ring (bicyclic) bond motifs is 1. The number of piperidine rings is 1. The van der Waals surface area contributed by atoms with Crippen molar-refractivity contribution in [2.45, 2.75) is 44.6 Å². The molecule has 1 aliphatic carbocycles. The fraction of sp³-hybridized carbons (Fsp3) is 0.385. The molecule has 30 heavy (non-hydrogen) atoms. The molecule has 1 aliphatic heterocycles. The van der Waals surface area contributed by atoms with E-state index in [4.69, 9.17) is 0 Å². The Labute approximate surface area is 178 Å². The zero-order chi connectivity index (χ0) is 20.5. The van der Waals surface area contributed by atoms with Crippen molar-refractivity contribution in [2.24, 2.45) is 13.0 Å². The predicted octanol–water partition coefficient (Wildman–Crippen LogP) is 5.55. The average Bonchev–Trinajstić information content (AvgIpc) is 3.20. The smallest absolute Gasteiger partial charge is 0.257 e. The van der Waals surface area contributed by atoms with Crippen LogP contribution in [0.4, 0.5) is 0 Å². The monoisotopic (exact) mass is 399 g/mol. The van der Waals surface area contributed by atoms with E-state index in [0.717, 1.165) is 41.8 Å². The number of carbonyl (C=O) groups is 1. The highest BCUT2D eigenvalue weighted by Crippen LogP contribution is 2.37. The summed E-state index contributed by atoms with van der Waals surface area (Å²) in [6, 6.07) is 19.2. The van der Waals surface area contributed by atoms with Crippen LogP contribution in [0.15, 0.2) is 60.8 Å². The van der Waals surface area contributed by atoms with Crippen LogP contribution in [0.3, 0.4) is 0 Å². The predicted molar refractivity (Wildman–Crippen MR) is 120 cm³/mol. The fourth-order valence-electron chi connectivity index (χ4n) is 5.44. The molecule has 2 unspecified atom stereocenters. The average molecular weight is 400 g/mol. The zero-order valence-electron chi connectivity index (χ0n) is 17.6. The standard InChI is InChI=1S/C26H29N3O/c1-28-25(22-13-7-12-21(17-22)19-9-3-2-4-10-19)23(18-27-28)26(30)29-16-8-14-20-11-5-6-15-24(20)29/h2-4,7,9-10,12-13,17-18,20,24H,5-6,8,11,14-16H2,1H3. The van der Waals surface area contributed by atoms with Crippen LogP contribution in [0.5, 0.6) is 0 Å². The van der Waals surface area contributed by atoms with Gasteiger partial charge in [-0.3, -0.25) is 9.48 Å². The Morgan fingerprint density at radius 3 is 2.50 bits per heavy atom. The van der Waals surface area contributed by atoms with Crippen LogP contribution in [0, 0.1) is 5.92 Å². The van der Waals surface area contributed by atoms with Gasteiger partial charge in [0.15, 0.2) is 0 Å². The van der Waals surface area contributed by atoms with Gasteiger partial charge in [-0.2, -0.15) is 5.10 Å². The lowest BCUT2D eigenvalue weighted by Crippen LogP contribution is -2.49. The first-order chi connectivity index (χ1) is 14.7. The van der Waals surface area contributed by atoms with Crippen molar-refractivity contribution in [1.29, 1.82) is 0 Å². The molecule has 154 valence electrons. The van der Waals surface area contributed by atoms with Gasteiger partial charge in [0.05, 0.1) is 17.5 Å². The lowest BCUT2D eigenvalue weighted by Gasteiger charge is -2.44. The van der Waals surface area contributed by atoms with Crippen molar-refractivity contribution in [1.82, 2.24) is 14.7 Å². The summed E-state index contributed by atoms with van der Waals surface area (Å²) in [5.74, 6) is 0.831. The summed E-state index contributed by atoms with van der Waals surface area (Å²) >= 11 is 0. The molecular formula is C26H29N3O. The van der Waals surface area contributed by atoms with Gasteiger partial charge in [-0.1, -0.05) is 61.4 Å². The molecule has 2 aliphatic rings. The summed E-state index contributed by atoms with van der Waals surface area (Å²) in [4.78, 5) is 15.9. The van der Waals surface area contributed by atoms with Crippen molar-refractivity contribution in [3.63, 3.8) is 0 Å². The van der Waals surface area contributed by atoms with Crippen molar-refractivity contribution in [3.05, 3.63) is 66.4 Å². The van der Waals surface area contributed by atoms with Gasteiger partial charge in [0.1, 0.15) is 0 Å². The highest BCUT2D eigenvalue weighted by molar-refractivity contribution is 6.00. The maximum absolute atomic E-state index is 13.7. The minimum absolute atomic E-state index is 0.153. The summed E-state index contributed by atoms with van der Waals surface area (Å²) in [7, 11) is 1.93. The van der Waals surface area contributed by atoms with Crippen LogP contribution < -0.4 is 0 Å². The molecule has 2 atom stereocenters. The molecule has 2 fully saturated rings. The number of carbonyl (C=O) groups excluding carboxylic acids is 1. The molecule has 0 radical (unpaired) electrons. The van der Waals surface area contributed by atoms with E-state index in [-0.39, 0.29) is 5.91 Å². The van der Waals surface area contributed by atoms with E-state index >= 15 is 0 Å². The quantitative estimate of drug-likeness (QED) is 0.579. The largest absolute Gasteiger partial charge is 0.335 e. The first kappa shape index (κ1) is 19.1. The minimum atomic E-state index is 0.153. The Bertz CT molecular complexity index is 1040. The Balaban J connectivity index is 1.50. The molecule has 1 saturated carbocycles. The van der Waals surface area contributed by atoms with Gasteiger partial charge >= 0.3 is 0 Å². The number of hydrogen-bond acceptors (Lipinski definition) is 2. The molecule has 0 spiro atoms. The zero-order valence-corrected chi connectivity index (χ0v) is 17.6.